The molecule has 0 heterocycles. The lowest BCUT2D eigenvalue weighted by molar-refractivity contribution is -0.148. The predicted molar refractivity (Wildman–Crippen MR) is 103 cm³/mol. The molecular formula is C20H17BrN2O3. The maximum Gasteiger partial charge on any atom is 0.349 e. The summed E-state index contributed by atoms with van der Waals surface area (Å²) in [6, 6.07) is 16.2. The molecule has 0 aliphatic rings. The van der Waals surface area contributed by atoms with Crippen LogP contribution in [0.15, 0.2) is 58.6 Å². The average molecular weight is 413 g/mol. The predicted octanol–water partition coefficient (Wildman–Crippen LogP) is 4.23. The fourth-order valence-corrected chi connectivity index (χ4v) is 2.29. The van der Waals surface area contributed by atoms with Gasteiger partial charge in [0.2, 0.25) is 0 Å². The Morgan fingerprint density at radius 3 is 2.35 bits per heavy atom. The average Bonchev–Trinajstić information content (AvgIpc) is 2.62. The summed E-state index contributed by atoms with van der Waals surface area (Å²) < 4.78 is 5.99. The van der Waals surface area contributed by atoms with Crippen molar-refractivity contribution in [2.24, 2.45) is 0 Å². The van der Waals surface area contributed by atoms with Gasteiger partial charge in [-0.25, -0.2) is 4.79 Å². The first-order valence-corrected chi connectivity index (χ1v) is 8.64. The number of esters is 1. The lowest BCUT2D eigenvalue weighted by atomic mass is 10.1. The molecule has 1 amide bonds. The second-order valence-corrected chi connectivity index (χ2v) is 6.54. The highest BCUT2D eigenvalue weighted by molar-refractivity contribution is 9.10. The van der Waals surface area contributed by atoms with Crippen molar-refractivity contribution in [3.63, 3.8) is 0 Å². The summed E-state index contributed by atoms with van der Waals surface area (Å²) in [6.07, 6.45) is 0.391. The summed E-state index contributed by atoms with van der Waals surface area (Å²) in [5, 5.41) is 11.8. The molecule has 1 N–H and O–H groups in total. The highest BCUT2D eigenvalue weighted by Crippen LogP contribution is 2.15. The van der Waals surface area contributed by atoms with Crippen LogP contribution >= 0.6 is 15.9 Å². The number of anilines is 1. The van der Waals surface area contributed by atoms with E-state index in [1.807, 2.05) is 25.1 Å². The molecule has 0 radical (unpaired) electrons. The van der Waals surface area contributed by atoms with Crippen LogP contribution in [-0.4, -0.2) is 18.0 Å². The Balaban J connectivity index is 2.01. The molecule has 0 aliphatic carbocycles. The summed E-state index contributed by atoms with van der Waals surface area (Å²) >= 11 is 3.31. The minimum absolute atomic E-state index is 0.169. The Bertz CT molecular complexity index is 865. The van der Waals surface area contributed by atoms with Crippen LogP contribution in [0.4, 0.5) is 5.69 Å². The Hall–Kier alpha value is -2.91. The number of nitriles is 1. The number of rotatable bonds is 5. The van der Waals surface area contributed by atoms with Gasteiger partial charge in [0.1, 0.15) is 11.6 Å². The highest BCUT2D eigenvalue weighted by atomic mass is 79.9. The van der Waals surface area contributed by atoms with E-state index in [1.165, 1.54) is 13.0 Å². The fraction of sp³-hybridized carbons (Fsp3) is 0.150. The molecule has 0 aliphatic heterocycles. The number of hydrogen-bond acceptors (Lipinski definition) is 4. The minimum Gasteiger partial charge on any atom is -0.448 e. The number of benzene rings is 2. The quantitative estimate of drug-likeness (QED) is 0.452. The van der Waals surface area contributed by atoms with E-state index in [-0.39, 0.29) is 5.57 Å². The van der Waals surface area contributed by atoms with Crippen molar-refractivity contribution < 1.29 is 14.3 Å². The van der Waals surface area contributed by atoms with E-state index < -0.39 is 18.0 Å². The van der Waals surface area contributed by atoms with Crippen molar-refractivity contribution in [2.45, 2.75) is 20.0 Å². The van der Waals surface area contributed by atoms with E-state index in [0.717, 1.165) is 10.0 Å². The lowest BCUT2D eigenvalue weighted by Crippen LogP contribution is -2.30. The van der Waals surface area contributed by atoms with Gasteiger partial charge in [-0.05, 0) is 49.8 Å². The molecule has 0 fully saturated rings. The zero-order valence-electron chi connectivity index (χ0n) is 14.3. The van der Waals surface area contributed by atoms with Gasteiger partial charge < -0.3 is 10.1 Å². The number of nitrogens with one attached hydrogen (secondary N) is 1. The molecule has 6 heteroatoms. The second-order valence-electron chi connectivity index (χ2n) is 5.62. The maximum absolute atomic E-state index is 12.2. The first-order valence-electron chi connectivity index (χ1n) is 7.85. The van der Waals surface area contributed by atoms with Gasteiger partial charge >= 0.3 is 5.97 Å². The number of aryl methyl sites for hydroxylation is 1. The number of hydrogen-bond donors (Lipinski definition) is 1. The molecule has 0 saturated heterocycles. The normalized spacial score (nSPS) is 12.0. The molecule has 0 aromatic heterocycles. The highest BCUT2D eigenvalue weighted by Gasteiger charge is 2.20. The fourth-order valence-electron chi connectivity index (χ4n) is 2.02. The number of nitrogens with zero attached hydrogens (tertiary/aromatic N) is 1. The van der Waals surface area contributed by atoms with Crippen molar-refractivity contribution >= 4 is 39.6 Å². The van der Waals surface area contributed by atoms with Gasteiger partial charge in [0.15, 0.2) is 6.10 Å². The van der Waals surface area contributed by atoms with E-state index in [9.17, 15) is 14.9 Å². The third kappa shape index (κ3) is 5.57. The first-order chi connectivity index (χ1) is 12.4. The summed E-state index contributed by atoms with van der Waals surface area (Å²) in [4.78, 5) is 24.3. The van der Waals surface area contributed by atoms with Gasteiger partial charge in [0, 0.05) is 10.2 Å². The topological polar surface area (TPSA) is 79.2 Å². The maximum atomic E-state index is 12.2. The second kappa shape index (κ2) is 8.97. The largest absolute Gasteiger partial charge is 0.448 e. The third-order valence-electron chi connectivity index (χ3n) is 3.49. The van der Waals surface area contributed by atoms with Gasteiger partial charge in [0.05, 0.1) is 0 Å². The van der Waals surface area contributed by atoms with Crippen LogP contribution in [0, 0.1) is 18.3 Å². The number of amides is 1. The van der Waals surface area contributed by atoms with Crippen molar-refractivity contribution in [1.29, 1.82) is 5.26 Å². The molecule has 0 bridgehead atoms. The smallest absolute Gasteiger partial charge is 0.349 e. The molecule has 0 saturated carbocycles. The molecule has 2 aromatic rings. The Labute approximate surface area is 160 Å². The zero-order chi connectivity index (χ0) is 19.1. The Kier molecular flexibility index (Phi) is 6.70. The summed E-state index contributed by atoms with van der Waals surface area (Å²) in [5.74, 6) is -1.32. The molecule has 2 rings (SSSR count). The minimum atomic E-state index is -1.04. The molecule has 0 spiro atoms. The van der Waals surface area contributed by atoms with Crippen LogP contribution in [0.1, 0.15) is 18.1 Å². The van der Waals surface area contributed by atoms with Crippen molar-refractivity contribution in [3.8, 4) is 6.07 Å². The van der Waals surface area contributed by atoms with Gasteiger partial charge in [-0.15, -0.1) is 0 Å². The van der Waals surface area contributed by atoms with Crippen LogP contribution in [0.3, 0.4) is 0 Å². The van der Waals surface area contributed by atoms with Gasteiger partial charge in [-0.3, -0.25) is 4.79 Å². The molecular weight excluding hydrogens is 396 g/mol. The van der Waals surface area contributed by atoms with Crippen LogP contribution in [-0.2, 0) is 14.3 Å². The van der Waals surface area contributed by atoms with Crippen LogP contribution < -0.4 is 5.32 Å². The zero-order valence-corrected chi connectivity index (χ0v) is 15.9. The van der Waals surface area contributed by atoms with E-state index >= 15 is 0 Å². The van der Waals surface area contributed by atoms with E-state index in [0.29, 0.717) is 11.3 Å². The SMILES string of the molecule is Cc1ccc(/C=C(\C#N)C(=O)O[C@@H](C)C(=O)Nc2ccc(Br)cc2)cc1. The number of carbonyl (C=O) groups excluding carboxylic acids is 2. The summed E-state index contributed by atoms with van der Waals surface area (Å²) in [6.45, 7) is 3.39. The molecule has 5 nitrogen and oxygen atoms in total. The number of carbonyl (C=O) groups is 2. The first kappa shape index (κ1) is 19.4. The Morgan fingerprint density at radius 1 is 1.15 bits per heavy atom. The van der Waals surface area contributed by atoms with Crippen LogP contribution in [0.2, 0.25) is 0 Å². The van der Waals surface area contributed by atoms with Crippen molar-refractivity contribution in [3.05, 3.63) is 69.7 Å². The third-order valence-corrected chi connectivity index (χ3v) is 4.02. The van der Waals surface area contributed by atoms with Gasteiger partial charge in [-0.2, -0.15) is 5.26 Å². The lowest BCUT2D eigenvalue weighted by Gasteiger charge is -2.13. The van der Waals surface area contributed by atoms with E-state index in [1.54, 1.807) is 36.4 Å². The molecule has 2 aromatic carbocycles. The van der Waals surface area contributed by atoms with Crippen LogP contribution in [0.25, 0.3) is 6.08 Å². The molecule has 0 unspecified atom stereocenters. The van der Waals surface area contributed by atoms with Crippen molar-refractivity contribution in [2.75, 3.05) is 5.32 Å². The molecule has 132 valence electrons. The van der Waals surface area contributed by atoms with E-state index in [2.05, 4.69) is 21.2 Å². The summed E-state index contributed by atoms with van der Waals surface area (Å²) in [7, 11) is 0. The monoisotopic (exact) mass is 412 g/mol. The Morgan fingerprint density at radius 2 is 1.77 bits per heavy atom. The summed E-state index contributed by atoms with van der Waals surface area (Å²) in [5.41, 5.74) is 2.19. The van der Waals surface area contributed by atoms with Crippen LogP contribution in [0.5, 0.6) is 0 Å². The molecule has 1 atom stereocenters. The number of halogens is 1. The van der Waals surface area contributed by atoms with Crippen molar-refractivity contribution in [1.82, 2.24) is 0 Å². The number of ether oxygens (including phenoxy) is 1. The van der Waals surface area contributed by atoms with Gasteiger partial charge in [-0.1, -0.05) is 45.8 Å². The molecule has 26 heavy (non-hydrogen) atoms. The van der Waals surface area contributed by atoms with E-state index in [4.69, 9.17) is 4.74 Å². The van der Waals surface area contributed by atoms with Gasteiger partial charge in [0.25, 0.3) is 5.91 Å². The standard InChI is InChI=1S/C20H17BrN2O3/c1-13-3-5-15(6-4-13)11-16(12-22)20(25)26-14(2)19(24)23-18-9-7-17(21)8-10-18/h3-11,14H,1-2H3,(H,23,24)/b16-11+/t14-/m0/s1.